The fourth-order valence-corrected chi connectivity index (χ4v) is 13.1. The predicted octanol–water partition coefficient (Wildman–Crippen LogP) is 22.0. The van der Waals surface area contributed by atoms with Gasteiger partial charge in [0.25, 0.3) is 0 Å². The molecule has 0 radical (unpaired) electrons. The maximum Gasteiger partial charge on any atom is 0.472 e. The van der Waals surface area contributed by atoms with Gasteiger partial charge in [-0.05, 0) is 49.4 Å². The van der Waals surface area contributed by atoms with Crippen molar-refractivity contribution >= 4 is 39.5 Å². The van der Waals surface area contributed by atoms with Gasteiger partial charge in [0.05, 0.1) is 26.4 Å². The Morgan fingerprint density at radius 2 is 0.442 bits per heavy atom. The topological polar surface area (TPSA) is 237 Å². The molecule has 0 aromatic rings. The van der Waals surface area contributed by atoms with Crippen LogP contribution in [0.4, 0.5) is 0 Å². The van der Waals surface area contributed by atoms with Gasteiger partial charge in [0, 0.05) is 25.7 Å². The van der Waals surface area contributed by atoms with Gasteiger partial charge in [-0.25, -0.2) is 9.13 Å². The first-order valence-corrected chi connectivity index (χ1v) is 42.2. The Bertz CT molecular complexity index is 1870. The van der Waals surface area contributed by atoms with Gasteiger partial charge in [-0.1, -0.05) is 331 Å². The molecule has 0 rings (SSSR count). The fraction of sp³-hybridized carbons (Fsp3) is 0.947. The quantitative estimate of drug-likeness (QED) is 0.0222. The van der Waals surface area contributed by atoms with Gasteiger partial charge in [0.2, 0.25) is 0 Å². The van der Waals surface area contributed by atoms with Gasteiger partial charge in [-0.15, -0.1) is 0 Å². The van der Waals surface area contributed by atoms with Crippen LogP contribution in [0.2, 0.25) is 0 Å². The van der Waals surface area contributed by atoms with E-state index in [1.54, 1.807) is 0 Å². The number of carbonyl (C=O) groups is 4. The number of unbranched alkanes of at least 4 members (excludes halogenated alkanes) is 39. The highest BCUT2D eigenvalue weighted by Crippen LogP contribution is 2.45. The molecule has 0 aliphatic carbocycles. The highest BCUT2D eigenvalue weighted by atomic mass is 31.2. The van der Waals surface area contributed by atoms with E-state index in [9.17, 15) is 43.2 Å². The highest BCUT2D eigenvalue weighted by Gasteiger charge is 2.30. The van der Waals surface area contributed by atoms with Crippen LogP contribution in [0.25, 0.3) is 0 Å². The van der Waals surface area contributed by atoms with Crippen LogP contribution in [-0.2, 0) is 65.4 Å². The minimum Gasteiger partial charge on any atom is -0.462 e. The molecule has 3 unspecified atom stereocenters. The molecule has 0 heterocycles. The maximum atomic E-state index is 13.1. The first-order chi connectivity index (χ1) is 45.6. The van der Waals surface area contributed by atoms with Crippen LogP contribution < -0.4 is 0 Å². The number of aliphatic hydroxyl groups excluding tert-OH is 1. The molecule has 0 saturated heterocycles. The number of carbonyl (C=O) groups excluding carboxylic acids is 4. The lowest BCUT2D eigenvalue weighted by Crippen LogP contribution is -2.30. The van der Waals surface area contributed by atoms with Crippen molar-refractivity contribution in [3.63, 3.8) is 0 Å². The first-order valence-electron chi connectivity index (χ1n) is 39.2. The third-order valence-corrected chi connectivity index (χ3v) is 19.5. The maximum absolute atomic E-state index is 13.1. The molecule has 0 fully saturated rings. The van der Waals surface area contributed by atoms with Gasteiger partial charge in [-0.2, -0.15) is 0 Å². The molecule has 0 saturated carbocycles. The third kappa shape index (κ3) is 70.3. The Morgan fingerprint density at radius 1 is 0.263 bits per heavy atom. The highest BCUT2D eigenvalue weighted by molar-refractivity contribution is 7.47. The number of phosphoric acid groups is 2. The number of aliphatic hydroxyl groups is 1. The number of hydrogen-bond acceptors (Lipinski definition) is 15. The first kappa shape index (κ1) is 93.1. The molecular weight excluding hydrogens is 1250 g/mol. The molecule has 564 valence electrons. The van der Waals surface area contributed by atoms with Gasteiger partial charge in [0.1, 0.15) is 19.3 Å². The second-order valence-corrected chi connectivity index (χ2v) is 32.2. The molecule has 19 heteroatoms. The number of rotatable bonds is 73. The summed E-state index contributed by atoms with van der Waals surface area (Å²) in [4.78, 5) is 72.8. The van der Waals surface area contributed by atoms with Gasteiger partial charge < -0.3 is 33.8 Å². The lowest BCUT2D eigenvalue weighted by atomic mass is 10.0. The Kier molecular flexibility index (Phi) is 64.0. The van der Waals surface area contributed by atoms with E-state index in [4.69, 9.17) is 37.0 Å². The third-order valence-electron chi connectivity index (χ3n) is 17.6. The molecule has 0 amide bonds. The SMILES string of the molecule is CC(C)CCCCCCCCCCCCCCCCCCC(=O)O[C@H](COC(=O)CCCCCCCCC(C)C)COP(=O)(O)OCC(O)COP(=O)(O)OC[C@@H](COC(=O)CCCCCCCCCCCCCCC(C)C)OC(=O)CCCCCCCCCCCC(C)C. The van der Waals surface area contributed by atoms with Crippen LogP contribution in [0.1, 0.15) is 383 Å². The van der Waals surface area contributed by atoms with E-state index in [2.05, 4.69) is 55.4 Å². The molecule has 0 spiro atoms. The van der Waals surface area contributed by atoms with Crippen LogP contribution >= 0.6 is 15.6 Å². The Morgan fingerprint density at radius 3 is 0.653 bits per heavy atom. The molecule has 0 aliphatic rings. The van der Waals surface area contributed by atoms with E-state index in [0.717, 1.165) is 114 Å². The standard InChI is InChI=1S/C76H148O17P2/c1-66(2)52-44-36-28-22-17-13-11-9-10-12-14-20-26-32-42-50-58-75(80)93-72(63-87-74(79)57-49-41-35-34-39-47-55-69(7)8)65-91-95(84,85)89-61-70(77)60-88-94(82,83)90-64-71(92-76(81)59-51-43-33-27-21-24-30-38-46-54-68(5)6)62-86-73(78)56-48-40-31-25-19-16-15-18-23-29-37-45-53-67(3)4/h66-72,77H,9-65H2,1-8H3,(H,82,83)(H,84,85)/t70?,71-,72-/m1/s1. The normalized spacial score (nSPS) is 14.1. The zero-order chi connectivity index (χ0) is 70.3. The summed E-state index contributed by atoms with van der Waals surface area (Å²) in [5.41, 5.74) is 0. The van der Waals surface area contributed by atoms with Crippen molar-refractivity contribution in [3.05, 3.63) is 0 Å². The molecule has 5 atom stereocenters. The van der Waals surface area contributed by atoms with E-state index >= 15 is 0 Å². The lowest BCUT2D eigenvalue weighted by molar-refractivity contribution is -0.161. The van der Waals surface area contributed by atoms with Crippen molar-refractivity contribution in [1.82, 2.24) is 0 Å². The van der Waals surface area contributed by atoms with Crippen LogP contribution in [0.5, 0.6) is 0 Å². The van der Waals surface area contributed by atoms with Crippen molar-refractivity contribution in [2.45, 2.75) is 401 Å². The summed E-state index contributed by atoms with van der Waals surface area (Å²) in [6.07, 6.45) is 50.2. The number of hydrogen-bond donors (Lipinski definition) is 3. The molecule has 0 aromatic carbocycles. The molecular formula is C76H148O17P2. The Hall–Kier alpha value is -1.94. The van der Waals surface area contributed by atoms with E-state index in [0.29, 0.717) is 31.6 Å². The zero-order valence-corrected chi connectivity index (χ0v) is 64.1. The number of esters is 4. The average molecular weight is 1400 g/mol. The Labute approximate surface area is 581 Å². The second-order valence-electron chi connectivity index (χ2n) is 29.3. The van der Waals surface area contributed by atoms with Gasteiger partial charge in [0.15, 0.2) is 12.2 Å². The monoisotopic (exact) mass is 1400 g/mol. The van der Waals surface area contributed by atoms with Crippen LogP contribution in [0.3, 0.4) is 0 Å². The minimum atomic E-state index is -4.96. The summed E-state index contributed by atoms with van der Waals surface area (Å²) in [7, 11) is -9.91. The van der Waals surface area contributed by atoms with Crippen molar-refractivity contribution in [3.8, 4) is 0 Å². The molecule has 17 nitrogen and oxygen atoms in total. The molecule has 3 N–H and O–H groups in total. The second kappa shape index (κ2) is 65.4. The van der Waals surface area contributed by atoms with Crippen LogP contribution in [-0.4, -0.2) is 96.7 Å². The Balaban J connectivity index is 5.20. The minimum absolute atomic E-state index is 0.105. The summed E-state index contributed by atoms with van der Waals surface area (Å²) < 4.78 is 68.5. The smallest absolute Gasteiger partial charge is 0.462 e. The fourth-order valence-electron chi connectivity index (χ4n) is 11.6. The van der Waals surface area contributed by atoms with Crippen molar-refractivity contribution in [2.75, 3.05) is 39.6 Å². The predicted molar refractivity (Wildman–Crippen MR) is 386 cm³/mol. The summed E-state index contributed by atoms with van der Waals surface area (Å²) in [5.74, 6) is 0.884. The summed E-state index contributed by atoms with van der Waals surface area (Å²) >= 11 is 0. The summed E-state index contributed by atoms with van der Waals surface area (Å²) in [6, 6.07) is 0. The largest absolute Gasteiger partial charge is 0.472 e. The number of ether oxygens (including phenoxy) is 4. The number of phosphoric ester groups is 2. The van der Waals surface area contributed by atoms with Crippen molar-refractivity contribution < 1.29 is 80.2 Å². The average Bonchev–Trinajstić information content (AvgIpc) is 1.66. The van der Waals surface area contributed by atoms with E-state index in [1.165, 1.54) is 180 Å². The van der Waals surface area contributed by atoms with Crippen molar-refractivity contribution in [2.24, 2.45) is 23.7 Å². The summed E-state index contributed by atoms with van der Waals surface area (Å²) in [5, 5.41) is 10.6. The van der Waals surface area contributed by atoms with Crippen molar-refractivity contribution in [1.29, 1.82) is 0 Å². The van der Waals surface area contributed by atoms with Crippen LogP contribution in [0.15, 0.2) is 0 Å². The van der Waals surface area contributed by atoms with Gasteiger partial charge >= 0.3 is 39.5 Å². The van der Waals surface area contributed by atoms with E-state index in [1.807, 2.05) is 0 Å². The zero-order valence-electron chi connectivity index (χ0n) is 62.3. The molecule has 0 aliphatic heterocycles. The molecule has 95 heavy (non-hydrogen) atoms. The molecule has 0 bridgehead atoms. The lowest BCUT2D eigenvalue weighted by Gasteiger charge is -2.21. The van der Waals surface area contributed by atoms with E-state index < -0.39 is 97.5 Å². The van der Waals surface area contributed by atoms with E-state index in [-0.39, 0.29) is 25.7 Å². The molecule has 0 aromatic heterocycles. The van der Waals surface area contributed by atoms with Crippen LogP contribution in [0, 0.1) is 23.7 Å². The summed E-state index contributed by atoms with van der Waals surface area (Å²) in [6.45, 7) is 14.1. The van der Waals surface area contributed by atoms with Gasteiger partial charge in [-0.3, -0.25) is 37.3 Å².